The van der Waals surface area contributed by atoms with Crippen LogP contribution in [0.5, 0.6) is 0 Å². The zero-order valence-corrected chi connectivity index (χ0v) is 15.9. The van der Waals surface area contributed by atoms with Gasteiger partial charge in [0.1, 0.15) is 17.9 Å². The van der Waals surface area contributed by atoms with Crippen LogP contribution >= 0.6 is 12.6 Å². The number of benzene rings is 1. The molecule has 0 saturated carbocycles. The summed E-state index contributed by atoms with van der Waals surface area (Å²) in [6.45, 7) is -0.641. The Morgan fingerprint density at radius 1 is 1.31 bits per heavy atom. The molecule has 11 nitrogen and oxygen atoms in total. The lowest BCUT2D eigenvalue weighted by atomic mass is 9.92. The number of hydrogen-bond donors (Lipinski definition) is 4. The third-order valence-corrected chi connectivity index (χ3v) is 5.96. The van der Waals surface area contributed by atoms with E-state index in [1.807, 2.05) is 0 Å². The molecule has 3 aromatic rings. The highest BCUT2D eigenvalue weighted by Crippen LogP contribution is 2.51. The Balaban J connectivity index is 2.02. The van der Waals surface area contributed by atoms with Crippen LogP contribution < -0.4 is 5.73 Å². The van der Waals surface area contributed by atoms with Crippen molar-refractivity contribution in [2.75, 3.05) is 12.3 Å². The van der Waals surface area contributed by atoms with Crippen molar-refractivity contribution in [3.8, 4) is 0 Å². The van der Waals surface area contributed by atoms with Crippen LogP contribution in [0.3, 0.4) is 0 Å². The van der Waals surface area contributed by atoms with E-state index in [0.717, 1.165) is 0 Å². The van der Waals surface area contributed by atoms with Gasteiger partial charge in [-0.25, -0.2) is 15.0 Å². The van der Waals surface area contributed by atoms with Gasteiger partial charge in [-0.1, -0.05) is 43.0 Å². The molecule has 0 radical (unpaired) electrons. The molecule has 4 N–H and O–H groups in total. The molecule has 2 aromatic heterocycles. The van der Waals surface area contributed by atoms with Gasteiger partial charge in [-0.3, -0.25) is 14.7 Å². The number of aliphatic hydroxyl groups is 2. The van der Waals surface area contributed by atoms with E-state index in [-0.39, 0.29) is 23.4 Å². The van der Waals surface area contributed by atoms with E-state index in [0.29, 0.717) is 5.56 Å². The van der Waals surface area contributed by atoms with E-state index in [9.17, 15) is 20.3 Å². The normalized spacial score (nSPS) is 29.3. The van der Waals surface area contributed by atoms with Gasteiger partial charge in [0.15, 0.2) is 17.6 Å². The number of ether oxygens (including phenoxy) is 1. The van der Waals surface area contributed by atoms with Crippen molar-refractivity contribution < 1.29 is 19.9 Å². The Bertz CT molecular complexity index is 1060. The standard InChI is InChI=1S/C17H18N6O5S/c18-14-12-15(20-8-19-14)22(9-21-12)16(6-10-4-2-1-3-5-10)17(29,23(26)27)13(25)11(7-24)28-16/h1-5,8-9,11,13,24-25,29H,6-7H2,(H2,18,19,20)/t11-,13-,16-,17-/m1/s1. The first-order chi connectivity index (χ1) is 13.8. The molecule has 1 fully saturated rings. The zero-order valence-electron chi connectivity index (χ0n) is 15.0. The molecular formula is C17H18N6O5S. The maximum Gasteiger partial charge on any atom is 0.340 e. The van der Waals surface area contributed by atoms with Crippen LogP contribution in [0, 0.1) is 10.1 Å². The number of rotatable bonds is 5. The minimum absolute atomic E-state index is 0.0543. The van der Waals surface area contributed by atoms with Crippen molar-refractivity contribution >= 4 is 29.6 Å². The van der Waals surface area contributed by atoms with Gasteiger partial charge in [0.05, 0.1) is 12.9 Å². The molecule has 4 atom stereocenters. The fourth-order valence-electron chi connectivity index (χ4n) is 3.76. The van der Waals surface area contributed by atoms with E-state index in [1.165, 1.54) is 17.2 Å². The van der Waals surface area contributed by atoms with Crippen LogP contribution in [0.15, 0.2) is 43.0 Å². The summed E-state index contributed by atoms with van der Waals surface area (Å²) in [6.07, 6.45) is -0.529. The molecule has 152 valence electrons. The molecular weight excluding hydrogens is 400 g/mol. The third kappa shape index (κ3) is 2.68. The van der Waals surface area contributed by atoms with Crippen molar-refractivity contribution in [3.63, 3.8) is 0 Å². The Morgan fingerprint density at radius 2 is 2.03 bits per heavy atom. The number of thiol groups is 1. The number of aliphatic hydroxyl groups excluding tert-OH is 2. The minimum atomic E-state index is -2.33. The van der Waals surface area contributed by atoms with E-state index in [1.54, 1.807) is 30.3 Å². The summed E-state index contributed by atoms with van der Waals surface area (Å²) in [5.41, 5.74) is 5.08. The fourth-order valence-corrected chi connectivity index (χ4v) is 4.17. The highest BCUT2D eigenvalue weighted by molar-refractivity contribution is 7.81. The predicted octanol–water partition coefficient (Wildman–Crippen LogP) is -0.0412. The van der Waals surface area contributed by atoms with Crippen LogP contribution in [-0.2, 0) is 16.9 Å². The molecule has 0 aliphatic carbocycles. The maximum absolute atomic E-state index is 12.2. The molecule has 0 amide bonds. The van der Waals surface area contributed by atoms with Crippen molar-refractivity contribution in [1.29, 1.82) is 0 Å². The molecule has 1 aliphatic rings. The Kier molecular flexibility index (Phi) is 4.65. The lowest BCUT2D eigenvalue weighted by Crippen LogP contribution is -2.59. The number of nitrogens with two attached hydrogens (primary N) is 1. The number of aromatic nitrogens is 4. The molecule has 0 bridgehead atoms. The number of fused-ring (bicyclic) bond motifs is 1. The summed E-state index contributed by atoms with van der Waals surface area (Å²) in [7, 11) is 0. The summed E-state index contributed by atoms with van der Waals surface area (Å²) in [5.74, 6) is 0.0896. The van der Waals surface area contributed by atoms with E-state index < -0.39 is 34.3 Å². The zero-order chi connectivity index (χ0) is 20.8. The topological polar surface area (TPSA) is 162 Å². The van der Waals surface area contributed by atoms with Gasteiger partial charge in [0.2, 0.25) is 5.72 Å². The smallest absolute Gasteiger partial charge is 0.340 e. The first-order valence-corrected chi connectivity index (χ1v) is 9.11. The molecule has 0 spiro atoms. The van der Waals surface area contributed by atoms with Crippen molar-refractivity contribution in [2.45, 2.75) is 29.2 Å². The van der Waals surface area contributed by atoms with Crippen molar-refractivity contribution in [2.24, 2.45) is 0 Å². The molecule has 12 heteroatoms. The second-order valence-corrected chi connectivity index (χ2v) is 7.44. The largest absolute Gasteiger partial charge is 0.394 e. The van der Waals surface area contributed by atoms with Gasteiger partial charge in [-0.05, 0) is 5.56 Å². The second kappa shape index (κ2) is 6.91. The quantitative estimate of drug-likeness (QED) is 0.193. The van der Waals surface area contributed by atoms with Crippen LogP contribution in [0.1, 0.15) is 5.56 Å². The summed E-state index contributed by atoms with van der Waals surface area (Å²) < 4.78 is 7.32. The van der Waals surface area contributed by atoms with Crippen molar-refractivity contribution in [1.82, 2.24) is 19.5 Å². The Hall–Kier alpha value is -2.80. The average Bonchev–Trinajstić information content (AvgIpc) is 3.24. The number of anilines is 1. The van der Waals surface area contributed by atoms with Gasteiger partial charge < -0.3 is 20.7 Å². The van der Waals surface area contributed by atoms with Gasteiger partial charge in [-0.15, -0.1) is 0 Å². The molecule has 3 heterocycles. The number of nitrogen functional groups attached to an aromatic ring is 1. The summed E-state index contributed by atoms with van der Waals surface area (Å²) in [4.78, 5) is 21.4. The van der Waals surface area contributed by atoms with Crippen LogP contribution in [0.2, 0.25) is 0 Å². The molecule has 1 aromatic carbocycles. The maximum atomic E-state index is 12.2. The average molecular weight is 418 g/mol. The lowest BCUT2D eigenvalue weighted by Gasteiger charge is -2.36. The Morgan fingerprint density at radius 3 is 2.69 bits per heavy atom. The number of nitro groups is 1. The van der Waals surface area contributed by atoms with Crippen LogP contribution in [0.4, 0.5) is 5.82 Å². The Labute approximate surface area is 169 Å². The van der Waals surface area contributed by atoms with E-state index in [2.05, 4.69) is 27.6 Å². The molecule has 29 heavy (non-hydrogen) atoms. The van der Waals surface area contributed by atoms with Gasteiger partial charge in [0.25, 0.3) is 0 Å². The number of nitrogens with zero attached hydrogens (tertiary/aromatic N) is 5. The summed E-state index contributed by atoms with van der Waals surface area (Å²) >= 11 is 4.32. The predicted molar refractivity (Wildman–Crippen MR) is 105 cm³/mol. The molecule has 1 saturated heterocycles. The fraction of sp³-hybridized carbons (Fsp3) is 0.353. The van der Waals surface area contributed by atoms with Crippen LogP contribution in [0.25, 0.3) is 11.2 Å². The van der Waals surface area contributed by atoms with Gasteiger partial charge in [-0.2, -0.15) is 0 Å². The number of imidazole rings is 1. The first kappa shape index (κ1) is 19.5. The van der Waals surface area contributed by atoms with Crippen molar-refractivity contribution in [3.05, 3.63) is 58.7 Å². The molecule has 0 unspecified atom stereocenters. The first-order valence-electron chi connectivity index (χ1n) is 8.66. The highest BCUT2D eigenvalue weighted by Gasteiger charge is 2.74. The van der Waals surface area contributed by atoms with Gasteiger partial charge in [0, 0.05) is 11.3 Å². The molecule has 1 aliphatic heterocycles. The lowest BCUT2D eigenvalue weighted by molar-refractivity contribution is -0.569. The highest BCUT2D eigenvalue weighted by atomic mass is 32.1. The minimum Gasteiger partial charge on any atom is -0.394 e. The van der Waals surface area contributed by atoms with Crippen LogP contribution in [-0.4, -0.2) is 58.3 Å². The third-order valence-electron chi connectivity index (χ3n) is 5.18. The van der Waals surface area contributed by atoms with Gasteiger partial charge >= 0.3 is 4.87 Å². The number of hydrogen-bond acceptors (Lipinski definition) is 10. The molecule has 4 rings (SSSR count). The monoisotopic (exact) mass is 418 g/mol. The second-order valence-electron chi connectivity index (χ2n) is 6.76. The summed E-state index contributed by atoms with van der Waals surface area (Å²) in [5, 5.41) is 32.6. The summed E-state index contributed by atoms with van der Waals surface area (Å²) in [6, 6.07) is 8.88. The van der Waals surface area contributed by atoms with E-state index in [4.69, 9.17) is 10.5 Å². The van der Waals surface area contributed by atoms with E-state index >= 15 is 0 Å². The SMILES string of the molecule is Nc1ncnc2c1ncn2[C@]1(Cc2ccccc2)O[C@H](CO)[C@@H](O)[C@]1(S)[N+](=O)[O-].